The number of carbonyl (C=O) groups is 1. The molecule has 3 nitrogen and oxygen atoms in total. The molecule has 0 aromatic heterocycles. The molecule has 0 fully saturated rings. The molecule has 1 aromatic rings. The molecule has 0 aliphatic heterocycles. The second-order valence-electron chi connectivity index (χ2n) is 4.80. The molecule has 1 amide bonds. The predicted octanol–water partition coefficient (Wildman–Crippen LogP) is 2.62. The van der Waals surface area contributed by atoms with Gasteiger partial charge in [0.2, 0.25) is 5.91 Å². The van der Waals surface area contributed by atoms with Crippen LogP contribution >= 0.6 is 0 Å². The van der Waals surface area contributed by atoms with E-state index >= 15 is 0 Å². The van der Waals surface area contributed by atoms with Gasteiger partial charge in [-0.1, -0.05) is 51.0 Å². The maximum Gasteiger partial charge on any atom is 0.220 e. The Morgan fingerprint density at radius 3 is 2.61 bits per heavy atom. The Bertz CT molecular complexity index is 377. The summed E-state index contributed by atoms with van der Waals surface area (Å²) in [6, 6.07) is 7.61. The molecule has 1 aromatic carbocycles. The summed E-state index contributed by atoms with van der Waals surface area (Å²) in [6.45, 7) is 4.74. The minimum absolute atomic E-state index is 0.0122. The average Bonchev–Trinajstić information content (AvgIpc) is 2.37. The van der Waals surface area contributed by atoms with Crippen molar-refractivity contribution in [2.45, 2.75) is 46.3 Å². The highest BCUT2D eigenvalue weighted by Crippen LogP contribution is 2.11. The van der Waals surface area contributed by atoms with Crippen LogP contribution in [0.25, 0.3) is 0 Å². The number of rotatable bonds is 7. The maximum atomic E-state index is 11.7. The summed E-state index contributed by atoms with van der Waals surface area (Å²) >= 11 is 0. The van der Waals surface area contributed by atoms with Crippen LogP contribution in [0, 0.1) is 5.92 Å². The van der Waals surface area contributed by atoms with Gasteiger partial charge in [-0.05, 0) is 17.0 Å². The van der Waals surface area contributed by atoms with Gasteiger partial charge in [-0.25, -0.2) is 0 Å². The molecule has 3 heteroatoms. The summed E-state index contributed by atoms with van der Waals surface area (Å²) in [7, 11) is 0. The number of aliphatic hydroxyl groups is 1. The largest absolute Gasteiger partial charge is 0.392 e. The fourth-order valence-electron chi connectivity index (χ4n) is 2.06. The molecule has 0 radical (unpaired) electrons. The summed E-state index contributed by atoms with van der Waals surface area (Å²) < 4.78 is 0. The van der Waals surface area contributed by atoms with Crippen molar-refractivity contribution in [3.8, 4) is 0 Å². The van der Waals surface area contributed by atoms with Crippen LogP contribution < -0.4 is 5.32 Å². The molecule has 100 valence electrons. The summed E-state index contributed by atoms with van der Waals surface area (Å²) in [6.07, 6.45) is 2.78. The Hall–Kier alpha value is -1.35. The van der Waals surface area contributed by atoms with Gasteiger partial charge in [0.25, 0.3) is 0 Å². The SMILES string of the molecule is CCCC(C)CC(=O)NCc1ccccc1CO. The first kappa shape index (κ1) is 14.7. The first-order chi connectivity index (χ1) is 8.67. The van der Waals surface area contributed by atoms with E-state index < -0.39 is 0 Å². The van der Waals surface area contributed by atoms with E-state index in [9.17, 15) is 9.90 Å². The van der Waals surface area contributed by atoms with Gasteiger partial charge in [0, 0.05) is 13.0 Å². The van der Waals surface area contributed by atoms with E-state index in [1.807, 2.05) is 24.3 Å². The van der Waals surface area contributed by atoms with E-state index in [0.717, 1.165) is 24.0 Å². The lowest BCUT2D eigenvalue weighted by Gasteiger charge is -2.12. The molecular formula is C15H23NO2. The molecule has 0 saturated heterocycles. The summed E-state index contributed by atoms with van der Waals surface area (Å²) in [5, 5.41) is 12.1. The number of benzene rings is 1. The molecule has 0 aliphatic rings. The molecule has 1 atom stereocenters. The third kappa shape index (κ3) is 4.88. The molecule has 0 bridgehead atoms. The molecule has 0 saturated carbocycles. The van der Waals surface area contributed by atoms with Crippen molar-refractivity contribution < 1.29 is 9.90 Å². The van der Waals surface area contributed by atoms with Crippen molar-refractivity contribution in [1.82, 2.24) is 5.32 Å². The third-order valence-corrected chi connectivity index (χ3v) is 3.08. The fourth-order valence-corrected chi connectivity index (χ4v) is 2.06. The molecule has 2 N–H and O–H groups in total. The van der Waals surface area contributed by atoms with Gasteiger partial charge in [-0.3, -0.25) is 4.79 Å². The van der Waals surface area contributed by atoms with Gasteiger partial charge < -0.3 is 10.4 Å². The lowest BCUT2D eigenvalue weighted by atomic mass is 10.0. The zero-order valence-corrected chi connectivity index (χ0v) is 11.3. The monoisotopic (exact) mass is 249 g/mol. The Labute approximate surface area is 109 Å². The predicted molar refractivity (Wildman–Crippen MR) is 72.9 cm³/mol. The highest BCUT2D eigenvalue weighted by atomic mass is 16.3. The molecule has 0 spiro atoms. The van der Waals surface area contributed by atoms with E-state index in [2.05, 4.69) is 19.2 Å². The third-order valence-electron chi connectivity index (χ3n) is 3.08. The Morgan fingerprint density at radius 2 is 2.00 bits per heavy atom. The lowest BCUT2D eigenvalue weighted by molar-refractivity contribution is -0.122. The van der Waals surface area contributed by atoms with Crippen LogP contribution in [0.1, 0.15) is 44.2 Å². The molecule has 1 unspecified atom stereocenters. The van der Waals surface area contributed by atoms with Gasteiger partial charge in [0.15, 0.2) is 0 Å². The van der Waals surface area contributed by atoms with Crippen molar-refractivity contribution in [2.24, 2.45) is 5.92 Å². The number of hydrogen-bond donors (Lipinski definition) is 2. The van der Waals surface area contributed by atoms with E-state index in [-0.39, 0.29) is 12.5 Å². The standard InChI is InChI=1S/C15H23NO2/c1-3-6-12(2)9-15(18)16-10-13-7-4-5-8-14(13)11-17/h4-5,7-8,12,17H,3,6,9-11H2,1-2H3,(H,16,18). The fraction of sp³-hybridized carbons (Fsp3) is 0.533. The van der Waals surface area contributed by atoms with Gasteiger partial charge in [-0.2, -0.15) is 0 Å². The first-order valence-corrected chi connectivity index (χ1v) is 6.61. The molecule has 0 heterocycles. The molecule has 0 aliphatic carbocycles. The van der Waals surface area contributed by atoms with Crippen LogP contribution in [0.3, 0.4) is 0 Å². The van der Waals surface area contributed by atoms with Crippen LogP contribution in [-0.2, 0) is 17.9 Å². The number of amides is 1. The highest BCUT2D eigenvalue weighted by Gasteiger charge is 2.08. The second kappa shape index (κ2) is 7.88. The number of hydrogen-bond acceptors (Lipinski definition) is 2. The van der Waals surface area contributed by atoms with Crippen LogP contribution in [0.4, 0.5) is 0 Å². The van der Waals surface area contributed by atoms with Gasteiger partial charge in [0.1, 0.15) is 0 Å². The van der Waals surface area contributed by atoms with E-state index in [0.29, 0.717) is 18.9 Å². The topological polar surface area (TPSA) is 49.3 Å². The Morgan fingerprint density at radius 1 is 1.33 bits per heavy atom. The summed E-state index contributed by atoms with van der Waals surface area (Å²) in [4.78, 5) is 11.7. The first-order valence-electron chi connectivity index (χ1n) is 6.61. The minimum Gasteiger partial charge on any atom is -0.392 e. The highest BCUT2D eigenvalue weighted by molar-refractivity contribution is 5.76. The van der Waals surface area contributed by atoms with Crippen molar-refractivity contribution in [3.63, 3.8) is 0 Å². The zero-order valence-electron chi connectivity index (χ0n) is 11.3. The van der Waals surface area contributed by atoms with Crippen LogP contribution in [0.5, 0.6) is 0 Å². The Kier molecular flexibility index (Phi) is 6.44. The van der Waals surface area contributed by atoms with Gasteiger partial charge >= 0.3 is 0 Å². The van der Waals surface area contributed by atoms with Crippen molar-refractivity contribution >= 4 is 5.91 Å². The minimum atomic E-state index is 0.0122. The number of aliphatic hydroxyl groups excluding tert-OH is 1. The van der Waals surface area contributed by atoms with Crippen LogP contribution in [-0.4, -0.2) is 11.0 Å². The molecular weight excluding hydrogens is 226 g/mol. The average molecular weight is 249 g/mol. The second-order valence-corrected chi connectivity index (χ2v) is 4.80. The van der Waals surface area contributed by atoms with E-state index in [1.54, 1.807) is 0 Å². The van der Waals surface area contributed by atoms with Crippen molar-refractivity contribution in [3.05, 3.63) is 35.4 Å². The van der Waals surface area contributed by atoms with Crippen molar-refractivity contribution in [1.29, 1.82) is 0 Å². The summed E-state index contributed by atoms with van der Waals surface area (Å²) in [5.74, 6) is 0.520. The van der Waals surface area contributed by atoms with Gasteiger partial charge in [0.05, 0.1) is 6.61 Å². The zero-order chi connectivity index (χ0) is 13.4. The van der Waals surface area contributed by atoms with Crippen LogP contribution in [0.2, 0.25) is 0 Å². The lowest BCUT2D eigenvalue weighted by Crippen LogP contribution is -2.25. The maximum absolute atomic E-state index is 11.7. The van der Waals surface area contributed by atoms with Crippen molar-refractivity contribution in [2.75, 3.05) is 0 Å². The Balaban J connectivity index is 2.42. The van der Waals surface area contributed by atoms with Crippen LogP contribution in [0.15, 0.2) is 24.3 Å². The quantitative estimate of drug-likeness (QED) is 0.780. The number of carbonyl (C=O) groups excluding carboxylic acids is 1. The molecule has 18 heavy (non-hydrogen) atoms. The van der Waals surface area contributed by atoms with E-state index in [1.165, 1.54) is 0 Å². The smallest absolute Gasteiger partial charge is 0.220 e. The van der Waals surface area contributed by atoms with Gasteiger partial charge in [-0.15, -0.1) is 0 Å². The molecule has 1 rings (SSSR count). The normalized spacial score (nSPS) is 12.2. The summed E-state index contributed by atoms with van der Waals surface area (Å²) in [5.41, 5.74) is 1.86. The van der Waals surface area contributed by atoms with E-state index in [4.69, 9.17) is 0 Å². The number of nitrogens with one attached hydrogen (secondary N) is 1.